The van der Waals surface area contributed by atoms with Crippen LogP contribution in [0.5, 0.6) is 0 Å². The second-order valence-corrected chi connectivity index (χ2v) is 14.5. The predicted octanol–water partition coefficient (Wildman–Crippen LogP) is 3.19. The van der Waals surface area contributed by atoms with Crippen LogP contribution in [0.15, 0.2) is 42.2 Å². The molecule has 1 unspecified atom stereocenters. The summed E-state index contributed by atoms with van der Waals surface area (Å²) in [6, 6.07) is 5.57. The van der Waals surface area contributed by atoms with E-state index in [1.54, 1.807) is 11.3 Å². The third kappa shape index (κ3) is 7.81. The number of amides is 3. The van der Waals surface area contributed by atoms with Crippen molar-refractivity contribution in [3.8, 4) is 10.4 Å². The molecule has 2 saturated heterocycles. The van der Waals surface area contributed by atoms with Gasteiger partial charge < -0.3 is 30.6 Å². The summed E-state index contributed by atoms with van der Waals surface area (Å²) in [6.07, 6.45) is 3.24. The van der Waals surface area contributed by atoms with Crippen molar-refractivity contribution in [1.29, 1.82) is 0 Å². The molecule has 3 aromatic rings. The highest BCUT2D eigenvalue weighted by Gasteiger charge is 2.45. The number of aryl methyl sites for hydroxylation is 1. The normalized spacial score (nSPS) is 19.9. The number of β-amino-alcohol motifs (C(OH)–C–C–N with tert-alkyl or cyclic N) is 1. The van der Waals surface area contributed by atoms with Gasteiger partial charge in [0.05, 0.1) is 52.2 Å². The largest absolute Gasteiger partial charge is 0.481 e. The molecular formula is C34H43N7O6S. The molecule has 0 radical (unpaired) electrons. The van der Waals surface area contributed by atoms with Gasteiger partial charge in [-0.05, 0) is 43.2 Å². The molecule has 4 heterocycles. The summed E-state index contributed by atoms with van der Waals surface area (Å²) in [5.41, 5.74) is 4.63. The molecule has 2 aliphatic heterocycles. The minimum absolute atomic E-state index is 0.0413. The topological polar surface area (TPSA) is 178 Å². The number of aromatic nitrogens is 3. The highest BCUT2D eigenvalue weighted by atomic mass is 32.1. The van der Waals surface area contributed by atoms with Gasteiger partial charge in [-0.15, -0.1) is 11.3 Å². The number of anilines is 1. The van der Waals surface area contributed by atoms with E-state index in [9.17, 15) is 29.4 Å². The van der Waals surface area contributed by atoms with Crippen LogP contribution in [0.1, 0.15) is 74.9 Å². The Bertz CT molecular complexity index is 1630. The van der Waals surface area contributed by atoms with E-state index in [0.29, 0.717) is 31.6 Å². The number of carboxylic acid groups (broad SMARTS) is 1. The van der Waals surface area contributed by atoms with Gasteiger partial charge in [-0.1, -0.05) is 45.0 Å². The third-order valence-electron chi connectivity index (χ3n) is 9.08. The number of likely N-dealkylation sites (tertiary alicyclic amines) is 1. The molecule has 4 N–H and O–H groups in total. The SMILES string of the molecule is Cc1ncsc1-c1ccc([C@H](C)NC(=O)[C@@H]2C[C@@H](O)CN2C(=O)C(NC(=O)c2ncc(N3CCC(C(=O)O)CC3)cn2)C(C)(C)C)cc1. The molecule has 0 spiro atoms. The van der Waals surface area contributed by atoms with E-state index in [1.807, 2.05) is 69.3 Å². The minimum atomic E-state index is -1.04. The Morgan fingerprint density at radius 3 is 2.21 bits per heavy atom. The van der Waals surface area contributed by atoms with Gasteiger partial charge in [0.25, 0.3) is 5.91 Å². The van der Waals surface area contributed by atoms with Crippen LogP contribution in [0.2, 0.25) is 0 Å². The van der Waals surface area contributed by atoms with Crippen molar-refractivity contribution in [1.82, 2.24) is 30.5 Å². The summed E-state index contributed by atoms with van der Waals surface area (Å²) in [6.45, 7) is 10.3. The van der Waals surface area contributed by atoms with Crippen LogP contribution in [0.25, 0.3) is 10.4 Å². The molecule has 0 saturated carbocycles. The van der Waals surface area contributed by atoms with Crippen LogP contribution in [0, 0.1) is 18.3 Å². The van der Waals surface area contributed by atoms with Gasteiger partial charge in [-0.2, -0.15) is 0 Å². The quantitative estimate of drug-likeness (QED) is 0.263. The lowest BCUT2D eigenvalue weighted by atomic mass is 9.85. The first kappa shape index (κ1) is 34.9. The maximum atomic E-state index is 14.0. The lowest BCUT2D eigenvalue weighted by Crippen LogP contribution is -2.58. The zero-order chi connectivity index (χ0) is 34.7. The average molecular weight is 678 g/mol. The number of hydrogen-bond donors (Lipinski definition) is 4. The van der Waals surface area contributed by atoms with Gasteiger partial charge in [-0.3, -0.25) is 19.2 Å². The lowest BCUT2D eigenvalue weighted by Gasteiger charge is -2.35. The number of thiazole rings is 1. The first-order valence-corrected chi connectivity index (χ1v) is 17.0. The van der Waals surface area contributed by atoms with Crippen molar-refractivity contribution in [3.63, 3.8) is 0 Å². The Morgan fingerprint density at radius 2 is 1.65 bits per heavy atom. The van der Waals surface area contributed by atoms with Gasteiger partial charge >= 0.3 is 5.97 Å². The summed E-state index contributed by atoms with van der Waals surface area (Å²) in [7, 11) is 0. The van der Waals surface area contributed by atoms with Crippen LogP contribution in [0.4, 0.5) is 5.69 Å². The smallest absolute Gasteiger partial charge is 0.306 e. The van der Waals surface area contributed by atoms with Crippen molar-refractivity contribution in [2.75, 3.05) is 24.5 Å². The third-order valence-corrected chi connectivity index (χ3v) is 10.1. The summed E-state index contributed by atoms with van der Waals surface area (Å²) in [4.78, 5) is 69.3. The molecule has 2 aromatic heterocycles. The number of hydrogen-bond acceptors (Lipinski definition) is 10. The highest BCUT2D eigenvalue weighted by Crippen LogP contribution is 2.30. The monoisotopic (exact) mass is 677 g/mol. The van der Waals surface area contributed by atoms with Crippen molar-refractivity contribution in [2.24, 2.45) is 11.3 Å². The molecule has 48 heavy (non-hydrogen) atoms. The van der Waals surface area contributed by atoms with Gasteiger partial charge in [0, 0.05) is 26.1 Å². The summed E-state index contributed by atoms with van der Waals surface area (Å²) >= 11 is 1.57. The average Bonchev–Trinajstić information content (AvgIpc) is 3.68. The first-order chi connectivity index (χ1) is 22.7. The molecule has 4 atom stereocenters. The first-order valence-electron chi connectivity index (χ1n) is 16.1. The number of carboxylic acids is 1. The molecule has 0 bridgehead atoms. The minimum Gasteiger partial charge on any atom is -0.481 e. The Morgan fingerprint density at radius 1 is 1.00 bits per heavy atom. The van der Waals surface area contributed by atoms with E-state index in [-0.39, 0.29) is 36.7 Å². The van der Waals surface area contributed by atoms with Gasteiger partial charge in [0.15, 0.2) is 0 Å². The van der Waals surface area contributed by atoms with Crippen LogP contribution < -0.4 is 15.5 Å². The van der Waals surface area contributed by atoms with E-state index >= 15 is 0 Å². The number of rotatable bonds is 9. The molecule has 3 amide bonds. The van der Waals surface area contributed by atoms with Crippen molar-refractivity contribution in [3.05, 3.63) is 59.3 Å². The number of carbonyl (C=O) groups is 4. The second kappa shape index (κ2) is 14.4. The number of aliphatic hydroxyl groups excluding tert-OH is 1. The Labute approximate surface area is 283 Å². The number of nitrogens with zero attached hydrogens (tertiary/aromatic N) is 5. The summed E-state index contributed by atoms with van der Waals surface area (Å²) < 4.78 is 0. The van der Waals surface area contributed by atoms with Crippen molar-refractivity contribution in [2.45, 2.75) is 78.1 Å². The van der Waals surface area contributed by atoms with E-state index in [2.05, 4.69) is 25.6 Å². The molecule has 14 heteroatoms. The molecule has 0 aliphatic carbocycles. The summed E-state index contributed by atoms with van der Waals surface area (Å²) in [5.74, 6) is -2.81. The number of piperidine rings is 1. The second-order valence-electron chi connectivity index (χ2n) is 13.7. The fourth-order valence-corrected chi connectivity index (χ4v) is 7.01. The molecule has 2 aliphatic rings. The number of benzene rings is 1. The summed E-state index contributed by atoms with van der Waals surface area (Å²) in [5, 5.41) is 25.6. The Kier molecular flexibility index (Phi) is 10.4. The highest BCUT2D eigenvalue weighted by molar-refractivity contribution is 7.13. The molecule has 1 aromatic carbocycles. The standard InChI is InChI=1S/C34H43N7O6S/c1-19(21-6-8-22(9-7-21)27-20(2)37-18-48-27)38-30(43)26-14-25(42)17-41(26)32(45)28(34(3,4)5)39-31(44)29-35-15-24(16-36-29)40-12-10-23(11-13-40)33(46)47/h6-9,15-16,18-19,23,25-26,28,42H,10-14,17H2,1-5H3,(H,38,43)(H,39,44)(H,46,47)/t19-,25+,26-,28?/m0/s1. The predicted molar refractivity (Wildman–Crippen MR) is 180 cm³/mol. The van der Waals surface area contributed by atoms with E-state index in [1.165, 1.54) is 17.3 Å². The van der Waals surface area contributed by atoms with Crippen LogP contribution in [-0.2, 0) is 14.4 Å². The molecule has 13 nitrogen and oxygen atoms in total. The lowest BCUT2D eigenvalue weighted by molar-refractivity contribution is -0.142. The Hall–Kier alpha value is -4.43. The van der Waals surface area contributed by atoms with Crippen LogP contribution in [-0.4, -0.2) is 91.6 Å². The van der Waals surface area contributed by atoms with Crippen molar-refractivity contribution < 1.29 is 29.4 Å². The van der Waals surface area contributed by atoms with E-state index in [0.717, 1.165) is 21.7 Å². The maximum Gasteiger partial charge on any atom is 0.306 e. The molecule has 256 valence electrons. The van der Waals surface area contributed by atoms with Gasteiger partial charge in [0.1, 0.15) is 12.1 Å². The number of aliphatic carboxylic acids is 1. The van der Waals surface area contributed by atoms with Crippen molar-refractivity contribution >= 4 is 40.7 Å². The van der Waals surface area contributed by atoms with E-state index in [4.69, 9.17) is 0 Å². The maximum absolute atomic E-state index is 14.0. The number of aliphatic hydroxyl groups is 1. The zero-order valence-electron chi connectivity index (χ0n) is 27.8. The van der Waals surface area contributed by atoms with Crippen LogP contribution in [0.3, 0.4) is 0 Å². The molecule has 5 rings (SSSR count). The number of nitrogens with one attached hydrogen (secondary N) is 2. The molecular weight excluding hydrogens is 634 g/mol. The molecule has 2 fully saturated rings. The van der Waals surface area contributed by atoms with Gasteiger partial charge in [0.2, 0.25) is 17.6 Å². The zero-order valence-corrected chi connectivity index (χ0v) is 28.7. The Balaban J connectivity index is 1.24. The van der Waals surface area contributed by atoms with Gasteiger partial charge in [-0.25, -0.2) is 15.0 Å². The van der Waals surface area contributed by atoms with E-state index < -0.39 is 41.4 Å². The fraction of sp³-hybridized carbons (Fsp3) is 0.500. The number of carbonyl (C=O) groups excluding carboxylic acids is 3. The van der Waals surface area contributed by atoms with Crippen LogP contribution >= 0.6 is 11.3 Å². The fourth-order valence-electron chi connectivity index (χ4n) is 6.20.